The van der Waals surface area contributed by atoms with Crippen molar-refractivity contribution in [3.05, 3.63) is 70.6 Å². The lowest BCUT2D eigenvalue weighted by Gasteiger charge is -2.08. The van der Waals surface area contributed by atoms with Gasteiger partial charge in [0.15, 0.2) is 0 Å². The van der Waals surface area contributed by atoms with E-state index in [0.717, 1.165) is 22.1 Å². The van der Waals surface area contributed by atoms with Gasteiger partial charge in [-0.05, 0) is 36.5 Å². The van der Waals surface area contributed by atoms with Crippen molar-refractivity contribution in [1.82, 2.24) is 19.9 Å². The number of aromatic nitrogens is 3. The van der Waals surface area contributed by atoms with Crippen molar-refractivity contribution in [2.45, 2.75) is 6.54 Å². The second kappa shape index (κ2) is 6.61. The third kappa shape index (κ3) is 2.82. The Bertz CT molecular complexity index is 1180. The van der Waals surface area contributed by atoms with Crippen LogP contribution in [0.5, 0.6) is 5.75 Å². The summed E-state index contributed by atoms with van der Waals surface area (Å²) in [5.41, 5.74) is 3.11. The van der Waals surface area contributed by atoms with E-state index in [2.05, 4.69) is 15.4 Å². The fourth-order valence-corrected chi connectivity index (χ4v) is 3.19. The van der Waals surface area contributed by atoms with E-state index in [1.165, 1.54) is 0 Å². The zero-order valence-electron chi connectivity index (χ0n) is 14.0. The van der Waals surface area contributed by atoms with Crippen LogP contribution in [0, 0.1) is 4.77 Å². The molecule has 0 unspecified atom stereocenters. The number of hydrogen-bond acceptors (Lipinski definition) is 4. The summed E-state index contributed by atoms with van der Waals surface area (Å²) in [5.74, 6) is 0.340. The van der Waals surface area contributed by atoms with Gasteiger partial charge in [0.05, 0.1) is 35.9 Å². The molecule has 2 aromatic heterocycles. The number of hydrogen-bond donors (Lipinski definition) is 2. The first-order valence-corrected chi connectivity index (χ1v) is 8.49. The third-order valence-electron chi connectivity index (χ3n) is 4.19. The van der Waals surface area contributed by atoms with Gasteiger partial charge in [0.1, 0.15) is 5.75 Å². The predicted molar refractivity (Wildman–Crippen MR) is 102 cm³/mol. The van der Waals surface area contributed by atoms with Gasteiger partial charge in [0.2, 0.25) is 4.77 Å². The summed E-state index contributed by atoms with van der Waals surface area (Å²) < 4.78 is 7.43. The van der Waals surface area contributed by atoms with Crippen LogP contribution in [0.4, 0.5) is 0 Å². The van der Waals surface area contributed by atoms with Crippen molar-refractivity contribution < 1.29 is 9.53 Å². The van der Waals surface area contributed by atoms with Crippen LogP contribution in [0.15, 0.2) is 54.6 Å². The summed E-state index contributed by atoms with van der Waals surface area (Å²) in [6.45, 7) is 0.335. The van der Waals surface area contributed by atoms with Crippen molar-refractivity contribution in [1.29, 1.82) is 0 Å². The molecule has 0 radical (unpaired) electrons. The van der Waals surface area contributed by atoms with Crippen LogP contribution in [-0.2, 0) is 6.54 Å². The van der Waals surface area contributed by atoms with Gasteiger partial charge < -0.3 is 10.1 Å². The molecule has 2 N–H and O–H groups in total. The van der Waals surface area contributed by atoms with E-state index in [-0.39, 0.29) is 5.91 Å². The van der Waals surface area contributed by atoms with E-state index < -0.39 is 0 Å². The minimum atomic E-state index is -0.201. The van der Waals surface area contributed by atoms with Crippen molar-refractivity contribution >= 4 is 34.5 Å². The number of ether oxygens (including phenoxy) is 1. The van der Waals surface area contributed by atoms with E-state index in [0.29, 0.717) is 22.6 Å². The van der Waals surface area contributed by atoms with Gasteiger partial charge in [-0.25, -0.2) is 9.50 Å². The van der Waals surface area contributed by atoms with E-state index >= 15 is 0 Å². The second-order valence-electron chi connectivity index (χ2n) is 5.80. The Labute approximate surface area is 154 Å². The molecule has 4 rings (SSSR count). The molecular weight excluding hydrogens is 348 g/mol. The first-order chi connectivity index (χ1) is 12.7. The molecule has 4 aromatic rings. The number of fused-ring (bicyclic) bond motifs is 3. The number of carbonyl (C=O) groups is 1. The number of benzene rings is 2. The van der Waals surface area contributed by atoms with Gasteiger partial charge in [-0.3, -0.25) is 9.89 Å². The highest BCUT2D eigenvalue weighted by atomic mass is 32.1. The molecule has 0 aliphatic carbocycles. The molecular formula is C19H16N4O2S. The summed E-state index contributed by atoms with van der Waals surface area (Å²) >= 11 is 5.36. The molecule has 0 saturated heterocycles. The molecule has 0 bridgehead atoms. The Morgan fingerprint density at radius 1 is 1.23 bits per heavy atom. The lowest BCUT2D eigenvalue weighted by Crippen LogP contribution is -2.23. The molecule has 1 amide bonds. The molecule has 26 heavy (non-hydrogen) atoms. The summed E-state index contributed by atoms with van der Waals surface area (Å²) in [6, 6.07) is 16.9. The maximum atomic E-state index is 12.4. The number of H-pyrrole nitrogens is 1. The number of amides is 1. The zero-order valence-corrected chi connectivity index (χ0v) is 14.8. The molecule has 7 heteroatoms. The van der Waals surface area contributed by atoms with Crippen LogP contribution >= 0.6 is 12.2 Å². The van der Waals surface area contributed by atoms with Crippen LogP contribution in [0.3, 0.4) is 0 Å². The molecule has 0 spiro atoms. The topological polar surface area (TPSA) is 71.4 Å². The van der Waals surface area contributed by atoms with E-state index in [4.69, 9.17) is 17.0 Å². The number of nitrogens with zero attached hydrogens (tertiary/aromatic N) is 2. The molecule has 0 aliphatic rings. The van der Waals surface area contributed by atoms with E-state index in [1.54, 1.807) is 29.8 Å². The van der Waals surface area contributed by atoms with Gasteiger partial charge >= 0.3 is 0 Å². The van der Waals surface area contributed by atoms with Crippen molar-refractivity contribution in [3.63, 3.8) is 0 Å². The molecule has 0 fully saturated rings. The second-order valence-corrected chi connectivity index (χ2v) is 6.16. The van der Waals surface area contributed by atoms with Gasteiger partial charge in [-0.2, -0.15) is 0 Å². The highest BCUT2D eigenvalue weighted by Crippen LogP contribution is 2.20. The fraction of sp³-hybridized carbons (Fsp3) is 0.105. The van der Waals surface area contributed by atoms with E-state index in [1.807, 2.05) is 36.4 Å². The van der Waals surface area contributed by atoms with Crippen molar-refractivity contribution in [2.24, 2.45) is 0 Å². The van der Waals surface area contributed by atoms with Gasteiger partial charge in [-0.1, -0.05) is 30.3 Å². The van der Waals surface area contributed by atoms with Gasteiger partial charge in [-0.15, -0.1) is 0 Å². The smallest absolute Gasteiger partial charge is 0.255 e. The fourth-order valence-electron chi connectivity index (χ4n) is 2.95. The Morgan fingerprint density at radius 2 is 2.00 bits per heavy atom. The Hall–Kier alpha value is -3.19. The number of rotatable bonds is 4. The van der Waals surface area contributed by atoms with Crippen molar-refractivity contribution in [2.75, 3.05) is 7.11 Å². The maximum absolute atomic E-state index is 12.4. The minimum Gasteiger partial charge on any atom is -0.496 e. The van der Waals surface area contributed by atoms with Crippen LogP contribution in [0.2, 0.25) is 0 Å². The molecule has 2 heterocycles. The van der Waals surface area contributed by atoms with Crippen LogP contribution in [0.1, 0.15) is 16.1 Å². The summed E-state index contributed by atoms with van der Waals surface area (Å²) in [6.07, 6.45) is 0. The molecule has 2 aromatic carbocycles. The predicted octanol–water partition coefficient (Wildman–Crippen LogP) is 3.48. The zero-order chi connectivity index (χ0) is 18.1. The first kappa shape index (κ1) is 16.3. The van der Waals surface area contributed by atoms with Crippen molar-refractivity contribution in [3.8, 4) is 5.75 Å². The number of para-hydroxylation sites is 2. The average molecular weight is 364 g/mol. The lowest BCUT2D eigenvalue weighted by atomic mass is 10.2. The van der Waals surface area contributed by atoms with E-state index in [9.17, 15) is 4.79 Å². The quantitative estimate of drug-likeness (QED) is 0.544. The normalized spacial score (nSPS) is 11.0. The van der Waals surface area contributed by atoms with Crippen LogP contribution in [0.25, 0.3) is 16.4 Å². The Morgan fingerprint density at radius 3 is 2.85 bits per heavy atom. The first-order valence-electron chi connectivity index (χ1n) is 8.08. The highest BCUT2D eigenvalue weighted by Gasteiger charge is 2.12. The number of carbonyl (C=O) groups excluding carboxylic acids is 1. The Balaban J connectivity index is 1.64. The minimum absolute atomic E-state index is 0.201. The average Bonchev–Trinajstić information content (AvgIpc) is 3.11. The molecule has 130 valence electrons. The molecule has 0 aliphatic heterocycles. The molecule has 0 saturated carbocycles. The molecule has 0 atom stereocenters. The standard InChI is InChI=1S/C19H16N4O2S/c1-25-17-9-5-3-7-14(17)18(24)20-11-12-10-16-13-6-2-4-8-15(13)21-19(26)23(16)22-12/h2-10,22H,11H2,1H3,(H,20,24). The number of aromatic amines is 1. The SMILES string of the molecule is COc1ccccc1C(=O)NCc1cc2c3ccccc3nc(=S)n2[nH]1. The lowest BCUT2D eigenvalue weighted by molar-refractivity contribution is 0.0947. The summed E-state index contributed by atoms with van der Waals surface area (Å²) in [4.78, 5) is 16.9. The van der Waals surface area contributed by atoms with Crippen LogP contribution < -0.4 is 10.1 Å². The monoisotopic (exact) mass is 364 g/mol. The summed E-state index contributed by atoms with van der Waals surface area (Å²) in [7, 11) is 1.55. The number of nitrogens with one attached hydrogen (secondary N) is 2. The third-order valence-corrected chi connectivity index (χ3v) is 4.46. The maximum Gasteiger partial charge on any atom is 0.255 e. The van der Waals surface area contributed by atoms with Gasteiger partial charge in [0.25, 0.3) is 5.91 Å². The molecule has 6 nitrogen and oxygen atoms in total. The Kier molecular flexibility index (Phi) is 4.14. The van der Waals surface area contributed by atoms with Crippen LogP contribution in [-0.4, -0.2) is 27.6 Å². The largest absolute Gasteiger partial charge is 0.496 e. The summed E-state index contributed by atoms with van der Waals surface area (Å²) in [5, 5.41) is 7.10. The highest BCUT2D eigenvalue weighted by molar-refractivity contribution is 7.71. The number of methoxy groups -OCH3 is 1. The van der Waals surface area contributed by atoms with Gasteiger partial charge in [0, 0.05) is 5.39 Å².